The van der Waals surface area contributed by atoms with Gasteiger partial charge in [-0.1, -0.05) is 6.07 Å². The highest BCUT2D eigenvalue weighted by Crippen LogP contribution is 2.51. The fraction of sp³-hybridized carbons (Fsp3) is 0.333. The zero-order valence-electron chi connectivity index (χ0n) is 22.4. The highest BCUT2D eigenvalue weighted by atomic mass is 16.6. The molecule has 40 heavy (non-hydrogen) atoms. The number of carbonyl (C=O) groups excluding carboxylic acids is 6. The van der Waals surface area contributed by atoms with E-state index < -0.39 is 54.1 Å². The Morgan fingerprint density at radius 3 is 1.70 bits per heavy atom. The second-order valence-corrected chi connectivity index (χ2v) is 8.56. The first-order valence-electron chi connectivity index (χ1n) is 11.8. The Morgan fingerprint density at radius 1 is 0.600 bits per heavy atom. The highest BCUT2D eigenvalue weighted by molar-refractivity contribution is 5.75. The third kappa shape index (κ3) is 7.34. The summed E-state index contributed by atoms with van der Waals surface area (Å²) in [4.78, 5) is 71.2. The Labute approximate surface area is 228 Å². The van der Waals surface area contributed by atoms with Gasteiger partial charge in [-0.3, -0.25) is 28.8 Å². The van der Waals surface area contributed by atoms with E-state index in [4.69, 9.17) is 33.2 Å². The minimum absolute atomic E-state index is 0.0283. The third-order valence-corrected chi connectivity index (χ3v) is 5.13. The molecule has 0 saturated carbocycles. The van der Waals surface area contributed by atoms with Crippen LogP contribution in [0.4, 0.5) is 0 Å². The molecule has 0 spiro atoms. The average Bonchev–Trinajstić information content (AvgIpc) is 2.79. The topological polar surface area (TPSA) is 167 Å². The molecule has 3 atom stereocenters. The van der Waals surface area contributed by atoms with E-state index in [2.05, 4.69) is 0 Å². The summed E-state index contributed by atoms with van der Waals surface area (Å²) in [6.45, 7) is 6.84. The zero-order chi connectivity index (χ0) is 29.7. The molecular weight excluding hydrogens is 532 g/mol. The van der Waals surface area contributed by atoms with Crippen molar-refractivity contribution in [1.29, 1.82) is 0 Å². The van der Waals surface area contributed by atoms with Crippen LogP contribution in [0.15, 0.2) is 30.3 Å². The minimum Gasteiger partial charge on any atom is -0.481 e. The van der Waals surface area contributed by atoms with Gasteiger partial charge in [-0.25, -0.2) is 0 Å². The van der Waals surface area contributed by atoms with Gasteiger partial charge in [0.25, 0.3) is 0 Å². The molecule has 0 saturated heterocycles. The van der Waals surface area contributed by atoms with Gasteiger partial charge in [0.15, 0.2) is 29.8 Å². The van der Waals surface area contributed by atoms with Gasteiger partial charge < -0.3 is 33.2 Å². The zero-order valence-corrected chi connectivity index (χ0v) is 22.4. The van der Waals surface area contributed by atoms with Crippen LogP contribution in [0.25, 0.3) is 0 Å². The van der Waals surface area contributed by atoms with Gasteiger partial charge in [0.2, 0.25) is 0 Å². The molecule has 0 aliphatic carbocycles. The Morgan fingerprint density at radius 2 is 1.15 bits per heavy atom. The predicted octanol–water partition coefficient (Wildman–Crippen LogP) is 3.06. The van der Waals surface area contributed by atoms with Crippen molar-refractivity contribution in [2.45, 2.75) is 59.9 Å². The summed E-state index contributed by atoms with van der Waals surface area (Å²) in [6, 6.07) is 6.63. The van der Waals surface area contributed by atoms with Crippen molar-refractivity contribution in [1.82, 2.24) is 0 Å². The number of hydrogen-bond acceptors (Lipinski definition) is 13. The van der Waals surface area contributed by atoms with Gasteiger partial charge in [0, 0.05) is 59.2 Å². The second kappa shape index (κ2) is 12.3. The van der Waals surface area contributed by atoms with E-state index in [-0.39, 0.29) is 39.9 Å². The van der Waals surface area contributed by atoms with Crippen LogP contribution in [-0.2, 0) is 38.2 Å². The Balaban J connectivity index is 2.27. The van der Waals surface area contributed by atoms with Crippen molar-refractivity contribution >= 4 is 35.8 Å². The van der Waals surface area contributed by atoms with E-state index in [1.807, 2.05) is 0 Å². The number of benzene rings is 2. The Bertz CT molecular complexity index is 1380. The lowest BCUT2D eigenvalue weighted by Crippen LogP contribution is -2.40. The molecule has 0 fully saturated rings. The lowest BCUT2D eigenvalue weighted by Gasteiger charge is -2.39. The normalized spacial score (nSPS) is 17.3. The van der Waals surface area contributed by atoms with E-state index in [1.165, 1.54) is 30.3 Å². The molecule has 0 radical (unpaired) electrons. The van der Waals surface area contributed by atoms with Crippen LogP contribution in [0, 0.1) is 0 Å². The first-order valence-corrected chi connectivity index (χ1v) is 11.8. The van der Waals surface area contributed by atoms with Crippen LogP contribution >= 0.6 is 0 Å². The Kier molecular flexibility index (Phi) is 9.09. The molecule has 1 aliphatic heterocycles. The highest BCUT2D eigenvalue weighted by Gasteiger charge is 2.46. The quantitative estimate of drug-likeness (QED) is 0.359. The minimum atomic E-state index is -1.37. The van der Waals surface area contributed by atoms with E-state index >= 15 is 0 Å². The maximum Gasteiger partial charge on any atom is 0.308 e. The standard InChI is InChI=1S/C27H26O13/c1-12(28)34-19-10-22(37-15(4)31)24-23(11-19)40-25(27(39-17(6)33)26(24)38-16(5)32)18-7-8-20(35-13(2)29)21(9-18)36-14(3)30/h7-11,25-27H,1-6H3/t25-,26-,27+/m0/s1. The molecule has 13 nitrogen and oxygen atoms in total. The second-order valence-electron chi connectivity index (χ2n) is 8.56. The van der Waals surface area contributed by atoms with Crippen molar-refractivity contribution in [2.24, 2.45) is 0 Å². The van der Waals surface area contributed by atoms with Crippen molar-refractivity contribution in [3.05, 3.63) is 41.5 Å². The number of ether oxygens (including phenoxy) is 7. The van der Waals surface area contributed by atoms with Crippen molar-refractivity contribution in [3.63, 3.8) is 0 Å². The van der Waals surface area contributed by atoms with Crippen LogP contribution in [0.3, 0.4) is 0 Å². The average molecular weight is 558 g/mol. The van der Waals surface area contributed by atoms with Gasteiger partial charge in [-0.2, -0.15) is 0 Å². The first-order chi connectivity index (χ1) is 18.7. The molecule has 212 valence electrons. The molecule has 2 aromatic rings. The summed E-state index contributed by atoms with van der Waals surface area (Å²) < 4.78 is 38.0. The Hall–Kier alpha value is -4.94. The SMILES string of the molecule is CC(=O)Oc1cc(OC(C)=O)c2c(c1)O[C@@H](c1ccc(OC(C)=O)c(OC(C)=O)c1)[C@@H](OC(C)=O)[C@H]2OC(C)=O. The van der Waals surface area contributed by atoms with Crippen LogP contribution in [-0.4, -0.2) is 41.9 Å². The smallest absolute Gasteiger partial charge is 0.308 e. The first kappa shape index (κ1) is 29.6. The molecule has 3 rings (SSSR count). The molecular formula is C27H26O13. The lowest BCUT2D eigenvalue weighted by atomic mass is 9.90. The van der Waals surface area contributed by atoms with Gasteiger partial charge >= 0.3 is 35.8 Å². The predicted molar refractivity (Wildman–Crippen MR) is 132 cm³/mol. The molecule has 2 aromatic carbocycles. The van der Waals surface area contributed by atoms with Crippen LogP contribution in [0.2, 0.25) is 0 Å². The van der Waals surface area contributed by atoms with Gasteiger partial charge in [-0.05, 0) is 12.1 Å². The summed E-state index contributed by atoms with van der Waals surface area (Å²) in [6.07, 6.45) is -3.95. The molecule has 0 bridgehead atoms. The lowest BCUT2D eigenvalue weighted by molar-refractivity contribution is -0.178. The number of carbonyl (C=O) groups is 6. The molecule has 13 heteroatoms. The van der Waals surface area contributed by atoms with Crippen LogP contribution < -0.4 is 23.7 Å². The third-order valence-electron chi connectivity index (χ3n) is 5.13. The molecule has 0 unspecified atom stereocenters. The fourth-order valence-corrected chi connectivity index (χ4v) is 4.00. The van der Waals surface area contributed by atoms with E-state index in [0.29, 0.717) is 0 Å². The molecule has 1 heterocycles. The summed E-state index contributed by atoms with van der Waals surface area (Å²) in [5, 5.41) is 0. The number of rotatable bonds is 7. The summed E-state index contributed by atoms with van der Waals surface area (Å²) >= 11 is 0. The monoisotopic (exact) mass is 558 g/mol. The molecule has 0 aromatic heterocycles. The fourth-order valence-electron chi connectivity index (χ4n) is 4.00. The van der Waals surface area contributed by atoms with E-state index in [9.17, 15) is 28.8 Å². The van der Waals surface area contributed by atoms with E-state index in [1.54, 1.807) is 0 Å². The summed E-state index contributed by atoms with van der Waals surface area (Å²) in [7, 11) is 0. The van der Waals surface area contributed by atoms with Gasteiger partial charge in [-0.15, -0.1) is 0 Å². The van der Waals surface area contributed by atoms with Gasteiger partial charge in [0.1, 0.15) is 17.2 Å². The van der Waals surface area contributed by atoms with Crippen molar-refractivity contribution < 1.29 is 61.9 Å². The van der Waals surface area contributed by atoms with E-state index in [0.717, 1.165) is 41.5 Å². The number of esters is 6. The van der Waals surface area contributed by atoms with Gasteiger partial charge in [0.05, 0.1) is 5.56 Å². The molecule has 0 N–H and O–H groups in total. The van der Waals surface area contributed by atoms with Crippen LogP contribution in [0.5, 0.6) is 28.7 Å². The van der Waals surface area contributed by atoms with Crippen molar-refractivity contribution in [2.75, 3.05) is 0 Å². The maximum atomic E-state index is 12.2. The van der Waals surface area contributed by atoms with Crippen molar-refractivity contribution in [3.8, 4) is 28.7 Å². The van der Waals surface area contributed by atoms with Crippen LogP contribution in [0.1, 0.15) is 64.9 Å². The molecule has 0 amide bonds. The summed E-state index contributed by atoms with van der Waals surface area (Å²) in [5.74, 6) is -4.82. The largest absolute Gasteiger partial charge is 0.481 e. The number of fused-ring (bicyclic) bond motifs is 1. The molecule has 1 aliphatic rings. The maximum absolute atomic E-state index is 12.2. The summed E-state index contributed by atoms with van der Waals surface area (Å²) in [5.41, 5.74) is 0.272. The number of hydrogen-bond donors (Lipinski definition) is 0.